The van der Waals surface area contributed by atoms with E-state index in [0.29, 0.717) is 18.4 Å². The SMILES string of the molecule is COC(=O)[C@@H]1[C@H](O)C[C@@H]2[C@@H](C)C[C@H]1N2C. The molecule has 2 rings (SSSR count). The predicted octanol–water partition coefficient (Wildman–Crippen LogP) is 0.249. The van der Waals surface area contributed by atoms with Crippen molar-refractivity contribution in [2.24, 2.45) is 11.8 Å². The molecule has 0 amide bonds. The smallest absolute Gasteiger partial charge is 0.312 e. The zero-order valence-electron chi connectivity index (χ0n) is 9.51. The van der Waals surface area contributed by atoms with Crippen molar-refractivity contribution in [3.05, 3.63) is 0 Å². The number of aliphatic hydroxyl groups excluding tert-OH is 1. The summed E-state index contributed by atoms with van der Waals surface area (Å²) in [5.41, 5.74) is 0. The van der Waals surface area contributed by atoms with Gasteiger partial charge in [0.1, 0.15) is 0 Å². The van der Waals surface area contributed by atoms with Gasteiger partial charge in [0.25, 0.3) is 0 Å². The zero-order valence-corrected chi connectivity index (χ0v) is 9.51. The van der Waals surface area contributed by atoms with Crippen LogP contribution in [0.25, 0.3) is 0 Å². The van der Waals surface area contributed by atoms with Crippen molar-refractivity contribution in [2.75, 3.05) is 14.2 Å². The van der Waals surface area contributed by atoms with Gasteiger partial charge in [-0.2, -0.15) is 0 Å². The van der Waals surface area contributed by atoms with Crippen molar-refractivity contribution in [1.29, 1.82) is 0 Å². The molecule has 2 fully saturated rings. The molecule has 5 atom stereocenters. The Morgan fingerprint density at radius 1 is 1.40 bits per heavy atom. The summed E-state index contributed by atoms with van der Waals surface area (Å²) >= 11 is 0. The summed E-state index contributed by atoms with van der Waals surface area (Å²) < 4.78 is 4.77. The molecule has 4 nitrogen and oxygen atoms in total. The first-order valence-corrected chi connectivity index (χ1v) is 5.54. The van der Waals surface area contributed by atoms with Crippen LogP contribution in [0, 0.1) is 11.8 Å². The van der Waals surface area contributed by atoms with Crippen LogP contribution in [0.1, 0.15) is 19.8 Å². The Bertz CT molecular complexity index is 269. The third-order valence-corrected chi connectivity index (χ3v) is 4.10. The van der Waals surface area contributed by atoms with Crippen molar-refractivity contribution in [2.45, 2.75) is 38.0 Å². The van der Waals surface area contributed by atoms with Crippen molar-refractivity contribution < 1.29 is 14.6 Å². The van der Waals surface area contributed by atoms with Crippen LogP contribution < -0.4 is 0 Å². The number of hydrogen-bond donors (Lipinski definition) is 1. The maximum absolute atomic E-state index is 11.6. The lowest BCUT2D eigenvalue weighted by Gasteiger charge is -2.39. The van der Waals surface area contributed by atoms with Gasteiger partial charge in [-0.15, -0.1) is 0 Å². The third kappa shape index (κ3) is 1.56. The number of carbonyl (C=O) groups excluding carboxylic acids is 1. The molecule has 4 heteroatoms. The number of ether oxygens (including phenoxy) is 1. The van der Waals surface area contributed by atoms with Gasteiger partial charge in [0.05, 0.1) is 19.1 Å². The van der Waals surface area contributed by atoms with Gasteiger partial charge in [-0.1, -0.05) is 6.92 Å². The highest BCUT2D eigenvalue weighted by atomic mass is 16.5. The third-order valence-electron chi connectivity index (χ3n) is 4.10. The largest absolute Gasteiger partial charge is 0.469 e. The summed E-state index contributed by atoms with van der Waals surface area (Å²) in [6.45, 7) is 2.19. The fourth-order valence-corrected chi connectivity index (χ4v) is 3.25. The fraction of sp³-hybridized carbons (Fsp3) is 0.909. The molecule has 0 spiro atoms. The minimum atomic E-state index is -0.534. The van der Waals surface area contributed by atoms with E-state index in [1.165, 1.54) is 7.11 Å². The summed E-state index contributed by atoms with van der Waals surface area (Å²) in [7, 11) is 3.43. The van der Waals surface area contributed by atoms with Crippen LogP contribution in [0.4, 0.5) is 0 Å². The van der Waals surface area contributed by atoms with Crippen LogP contribution >= 0.6 is 0 Å². The normalized spacial score (nSPS) is 45.5. The van der Waals surface area contributed by atoms with Gasteiger partial charge in [0.15, 0.2) is 0 Å². The van der Waals surface area contributed by atoms with Crippen LogP contribution in [-0.2, 0) is 9.53 Å². The number of nitrogens with zero attached hydrogens (tertiary/aromatic N) is 1. The molecule has 2 heterocycles. The Kier molecular flexibility index (Phi) is 2.73. The van der Waals surface area contributed by atoms with Gasteiger partial charge >= 0.3 is 5.97 Å². The number of methoxy groups -OCH3 is 1. The second kappa shape index (κ2) is 3.76. The highest BCUT2D eigenvalue weighted by Crippen LogP contribution is 2.41. The fourth-order valence-electron chi connectivity index (χ4n) is 3.25. The Labute approximate surface area is 90.2 Å². The van der Waals surface area contributed by atoms with Crippen molar-refractivity contribution >= 4 is 5.97 Å². The van der Waals surface area contributed by atoms with E-state index in [-0.39, 0.29) is 17.9 Å². The number of hydrogen-bond acceptors (Lipinski definition) is 4. The van der Waals surface area contributed by atoms with E-state index in [9.17, 15) is 9.90 Å². The maximum atomic E-state index is 11.6. The van der Waals surface area contributed by atoms with E-state index in [4.69, 9.17) is 4.74 Å². The molecule has 0 aromatic heterocycles. The van der Waals surface area contributed by atoms with Gasteiger partial charge in [0.2, 0.25) is 0 Å². The van der Waals surface area contributed by atoms with E-state index >= 15 is 0 Å². The van der Waals surface area contributed by atoms with Crippen molar-refractivity contribution in [1.82, 2.24) is 4.90 Å². The monoisotopic (exact) mass is 213 g/mol. The highest BCUT2D eigenvalue weighted by Gasteiger charge is 2.51. The molecule has 2 aliphatic rings. The topological polar surface area (TPSA) is 49.8 Å². The summed E-state index contributed by atoms with van der Waals surface area (Å²) in [6.07, 6.45) is 1.14. The maximum Gasteiger partial charge on any atom is 0.312 e. The first-order valence-electron chi connectivity index (χ1n) is 5.54. The van der Waals surface area contributed by atoms with Gasteiger partial charge in [0, 0.05) is 12.1 Å². The molecule has 15 heavy (non-hydrogen) atoms. The molecule has 2 saturated heterocycles. The molecule has 1 N–H and O–H groups in total. The average molecular weight is 213 g/mol. The lowest BCUT2D eigenvalue weighted by Crippen LogP contribution is -2.52. The highest BCUT2D eigenvalue weighted by molar-refractivity contribution is 5.74. The molecule has 0 aliphatic carbocycles. The van der Waals surface area contributed by atoms with Crippen LogP contribution in [0.5, 0.6) is 0 Å². The number of piperidine rings is 1. The van der Waals surface area contributed by atoms with Crippen molar-refractivity contribution in [3.8, 4) is 0 Å². The van der Waals surface area contributed by atoms with E-state index in [2.05, 4.69) is 11.8 Å². The Balaban J connectivity index is 2.22. The van der Waals surface area contributed by atoms with Crippen LogP contribution in [0.2, 0.25) is 0 Å². The predicted molar refractivity (Wildman–Crippen MR) is 55.2 cm³/mol. The standard InChI is InChI=1S/C11H19NO3/c1-6-4-8-10(11(14)15-3)9(13)5-7(6)12(8)2/h6-10,13H,4-5H2,1-3H3/t6-,7+,8+,9+,10-/m0/s1. The molecule has 0 saturated carbocycles. The van der Waals surface area contributed by atoms with Crippen LogP contribution in [0.3, 0.4) is 0 Å². The van der Waals surface area contributed by atoms with Gasteiger partial charge < -0.3 is 9.84 Å². The summed E-state index contributed by atoms with van der Waals surface area (Å²) in [4.78, 5) is 13.8. The molecular formula is C11H19NO3. The Morgan fingerprint density at radius 3 is 2.67 bits per heavy atom. The van der Waals surface area contributed by atoms with Gasteiger partial charge in [-0.05, 0) is 25.8 Å². The molecular weight excluding hydrogens is 194 g/mol. The van der Waals surface area contributed by atoms with E-state index in [1.54, 1.807) is 0 Å². The zero-order chi connectivity index (χ0) is 11.2. The van der Waals surface area contributed by atoms with E-state index in [0.717, 1.165) is 6.42 Å². The van der Waals surface area contributed by atoms with Gasteiger partial charge in [-0.3, -0.25) is 9.69 Å². The number of esters is 1. The Morgan fingerprint density at radius 2 is 2.07 bits per heavy atom. The first-order chi connectivity index (χ1) is 7.06. The molecule has 0 radical (unpaired) electrons. The summed E-state index contributed by atoms with van der Waals surface area (Å²) in [5.74, 6) is -0.0718. The second-order valence-electron chi connectivity index (χ2n) is 4.87. The second-order valence-corrected chi connectivity index (χ2v) is 4.87. The summed E-state index contributed by atoms with van der Waals surface area (Å²) in [6, 6.07) is 0.576. The average Bonchev–Trinajstić information content (AvgIpc) is 2.39. The molecule has 0 aromatic carbocycles. The molecule has 2 aliphatic heterocycles. The van der Waals surface area contributed by atoms with Gasteiger partial charge in [-0.25, -0.2) is 0 Å². The number of aliphatic hydroxyl groups is 1. The molecule has 0 unspecified atom stereocenters. The lowest BCUT2D eigenvalue weighted by atomic mass is 9.88. The minimum Gasteiger partial charge on any atom is -0.469 e. The number of carbonyl (C=O) groups is 1. The Hall–Kier alpha value is -0.610. The lowest BCUT2D eigenvalue weighted by molar-refractivity contribution is -0.155. The summed E-state index contributed by atoms with van der Waals surface area (Å²) in [5, 5.41) is 9.96. The number of rotatable bonds is 1. The van der Waals surface area contributed by atoms with E-state index in [1.807, 2.05) is 7.05 Å². The van der Waals surface area contributed by atoms with Crippen molar-refractivity contribution in [3.63, 3.8) is 0 Å². The van der Waals surface area contributed by atoms with Crippen LogP contribution in [0.15, 0.2) is 0 Å². The minimum absolute atomic E-state index is 0.154. The first kappa shape index (κ1) is 10.9. The molecule has 0 aromatic rings. The molecule has 86 valence electrons. The number of fused-ring (bicyclic) bond motifs is 2. The van der Waals surface area contributed by atoms with Crippen LogP contribution in [-0.4, -0.2) is 48.3 Å². The quantitative estimate of drug-likeness (QED) is 0.634. The molecule has 2 bridgehead atoms. The van der Waals surface area contributed by atoms with E-state index < -0.39 is 6.10 Å².